The summed E-state index contributed by atoms with van der Waals surface area (Å²) in [6, 6.07) is 3.02. The number of Topliss-reactive ketones (excluding diaryl/α,β-unsaturated/α-hetero) is 1. The van der Waals surface area contributed by atoms with Gasteiger partial charge >= 0.3 is 0 Å². The van der Waals surface area contributed by atoms with Crippen molar-refractivity contribution in [3.05, 3.63) is 35.4 Å². The molecule has 24 heavy (non-hydrogen) atoms. The van der Waals surface area contributed by atoms with Crippen molar-refractivity contribution < 1.29 is 18.4 Å². The second-order valence-corrected chi connectivity index (χ2v) is 5.78. The van der Waals surface area contributed by atoms with Crippen LogP contribution in [0.1, 0.15) is 43.0 Å². The van der Waals surface area contributed by atoms with E-state index in [9.17, 15) is 18.4 Å². The minimum atomic E-state index is -0.882. The van der Waals surface area contributed by atoms with E-state index < -0.39 is 17.4 Å². The maximum absolute atomic E-state index is 13.6. The number of carbonyl (C=O) groups excluding carboxylic acids is 2. The lowest BCUT2D eigenvalue weighted by atomic mass is 10.0. The van der Waals surface area contributed by atoms with E-state index in [1.807, 2.05) is 11.8 Å². The van der Waals surface area contributed by atoms with Crippen LogP contribution < -0.4 is 5.32 Å². The van der Waals surface area contributed by atoms with Gasteiger partial charge in [0.2, 0.25) is 5.91 Å². The Kier molecular flexibility index (Phi) is 8.28. The summed E-state index contributed by atoms with van der Waals surface area (Å²) in [6.45, 7) is 4.32. The molecular formula is C17H23ClF2N2O2. The maximum Gasteiger partial charge on any atom is 0.223 e. The molecule has 1 atom stereocenters. The fourth-order valence-corrected chi connectivity index (χ4v) is 2.87. The summed E-state index contributed by atoms with van der Waals surface area (Å²) in [6.07, 6.45) is 1.74. The Morgan fingerprint density at radius 2 is 2.04 bits per heavy atom. The summed E-state index contributed by atoms with van der Waals surface area (Å²) in [5, 5.41) is 3.22. The van der Waals surface area contributed by atoms with Gasteiger partial charge in [-0.25, -0.2) is 8.78 Å². The molecule has 1 aliphatic rings. The average Bonchev–Trinajstić information content (AvgIpc) is 3.04. The predicted octanol–water partition coefficient (Wildman–Crippen LogP) is 2.95. The number of ketones is 1. The van der Waals surface area contributed by atoms with Gasteiger partial charge in [-0.05, 0) is 31.5 Å². The van der Waals surface area contributed by atoms with Gasteiger partial charge in [0.1, 0.15) is 11.6 Å². The number of halogens is 3. The van der Waals surface area contributed by atoms with Crippen LogP contribution >= 0.6 is 12.4 Å². The lowest BCUT2D eigenvalue weighted by Gasteiger charge is -2.28. The number of nitrogens with zero attached hydrogens (tertiary/aromatic N) is 1. The molecule has 0 bridgehead atoms. The summed E-state index contributed by atoms with van der Waals surface area (Å²) in [7, 11) is 0. The van der Waals surface area contributed by atoms with E-state index in [1.165, 1.54) is 0 Å². The third-order valence-corrected chi connectivity index (χ3v) is 4.06. The van der Waals surface area contributed by atoms with Crippen LogP contribution in [0.2, 0.25) is 0 Å². The van der Waals surface area contributed by atoms with Gasteiger partial charge in [0.05, 0.1) is 5.56 Å². The van der Waals surface area contributed by atoms with Gasteiger partial charge in [-0.1, -0.05) is 6.92 Å². The number of carbonyl (C=O) groups is 2. The zero-order chi connectivity index (χ0) is 16.8. The predicted molar refractivity (Wildman–Crippen MR) is 90.4 cm³/mol. The molecule has 0 aromatic heterocycles. The standard InChI is InChI=1S/C17H22F2N2O2.ClH/c1-2-9-21(13-7-8-20-11-13)17(23)6-5-16(22)14-4-3-12(18)10-15(14)19;/h3-4,10,13,20H,2,5-9,11H2,1H3;1H. The van der Waals surface area contributed by atoms with Gasteiger partial charge in [-0.2, -0.15) is 0 Å². The Balaban J connectivity index is 0.00000288. The molecule has 134 valence electrons. The molecular weight excluding hydrogens is 338 g/mol. The van der Waals surface area contributed by atoms with Crippen molar-refractivity contribution in [1.29, 1.82) is 0 Å². The Morgan fingerprint density at radius 1 is 1.29 bits per heavy atom. The van der Waals surface area contributed by atoms with Gasteiger partial charge in [0, 0.05) is 38.0 Å². The molecule has 1 aliphatic heterocycles. The largest absolute Gasteiger partial charge is 0.338 e. The maximum atomic E-state index is 13.6. The molecule has 1 saturated heterocycles. The molecule has 4 nitrogen and oxygen atoms in total. The molecule has 0 radical (unpaired) electrons. The molecule has 1 amide bonds. The van der Waals surface area contributed by atoms with Gasteiger partial charge in [0.25, 0.3) is 0 Å². The highest BCUT2D eigenvalue weighted by molar-refractivity contribution is 5.98. The van der Waals surface area contributed by atoms with Crippen molar-refractivity contribution in [1.82, 2.24) is 10.2 Å². The molecule has 0 saturated carbocycles. The minimum Gasteiger partial charge on any atom is -0.338 e. The lowest BCUT2D eigenvalue weighted by Crippen LogP contribution is -2.42. The molecule has 1 aromatic carbocycles. The first-order valence-corrected chi connectivity index (χ1v) is 8.01. The van der Waals surface area contributed by atoms with E-state index in [-0.39, 0.29) is 42.8 Å². The molecule has 7 heteroatoms. The number of nitrogens with one attached hydrogen (secondary N) is 1. The zero-order valence-corrected chi connectivity index (χ0v) is 14.5. The Morgan fingerprint density at radius 3 is 2.62 bits per heavy atom. The van der Waals surface area contributed by atoms with Gasteiger partial charge < -0.3 is 10.2 Å². The van der Waals surface area contributed by atoms with Crippen molar-refractivity contribution in [2.24, 2.45) is 0 Å². The first kappa shape index (κ1) is 20.5. The number of rotatable bonds is 7. The number of benzene rings is 1. The highest BCUT2D eigenvalue weighted by atomic mass is 35.5. The van der Waals surface area contributed by atoms with Gasteiger partial charge in [-0.3, -0.25) is 9.59 Å². The van der Waals surface area contributed by atoms with Crippen LogP contribution in [0, 0.1) is 11.6 Å². The normalized spacial score (nSPS) is 16.5. The fourth-order valence-electron chi connectivity index (χ4n) is 2.87. The van der Waals surface area contributed by atoms with Crippen molar-refractivity contribution >= 4 is 24.1 Å². The van der Waals surface area contributed by atoms with Crippen molar-refractivity contribution in [2.45, 2.75) is 38.6 Å². The third kappa shape index (κ3) is 5.24. The smallest absolute Gasteiger partial charge is 0.223 e. The molecule has 1 aromatic rings. The van der Waals surface area contributed by atoms with Crippen LogP contribution in [-0.4, -0.2) is 42.3 Å². The van der Waals surface area contributed by atoms with Crippen LogP contribution in [0.5, 0.6) is 0 Å². The van der Waals surface area contributed by atoms with Crippen molar-refractivity contribution in [3.8, 4) is 0 Å². The van der Waals surface area contributed by atoms with Crippen LogP contribution in [-0.2, 0) is 4.79 Å². The highest BCUT2D eigenvalue weighted by Gasteiger charge is 2.26. The summed E-state index contributed by atoms with van der Waals surface area (Å²) in [5.74, 6) is -2.17. The first-order valence-electron chi connectivity index (χ1n) is 8.01. The SMILES string of the molecule is CCCN(C(=O)CCC(=O)c1ccc(F)cc1F)C1CCNC1.Cl. The monoisotopic (exact) mass is 360 g/mol. The fraction of sp³-hybridized carbons (Fsp3) is 0.529. The molecule has 1 unspecified atom stereocenters. The second-order valence-electron chi connectivity index (χ2n) is 5.78. The van der Waals surface area contributed by atoms with Crippen LogP contribution in [0.4, 0.5) is 8.78 Å². The summed E-state index contributed by atoms with van der Waals surface area (Å²) in [4.78, 5) is 26.2. The Bertz CT molecular complexity index is 578. The second kappa shape index (κ2) is 9.69. The quantitative estimate of drug-likeness (QED) is 0.760. The molecule has 2 rings (SSSR count). The molecule has 1 fully saturated rings. The van der Waals surface area contributed by atoms with Gasteiger partial charge in [-0.15, -0.1) is 12.4 Å². The van der Waals surface area contributed by atoms with E-state index in [4.69, 9.17) is 0 Å². The lowest BCUT2D eigenvalue weighted by molar-refractivity contribution is -0.133. The molecule has 0 aliphatic carbocycles. The van der Waals surface area contributed by atoms with E-state index in [0.29, 0.717) is 12.6 Å². The van der Waals surface area contributed by atoms with Crippen LogP contribution in [0.15, 0.2) is 18.2 Å². The summed E-state index contributed by atoms with van der Waals surface area (Å²) < 4.78 is 26.5. The summed E-state index contributed by atoms with van der Waals surface area (Å²) in [5.41, 5.74) is -0.163. The van der Waals surface area contributed by atoms with E-state index in [2.05, 4.69) is 5.32 Å². The number of amides is 1. The number of hydrogen-bond acceptors (Lipinski definition) is 3. The zero-order valence-electron chi connectivity index (χ0n) is 13.7. The highest BCUT2D eigenvalue weighted by Crippen LogP contribution is 2.15. The van der Waals surface area contributed by atoms with E-state index >= 15 is 0 Å². The van der Waals surface area contributed by atoms with Crippen LogP contribution in [0.25, 0.3) is 0 Å². The Labute approximate surface area is 147 Å². The minimum absolute atomic E-state index is 0. The molecule has 1 heterocycles. The third-order valence-electron chi connectivity index (χ3n) is 4.06. The van der Waals surface area contributed by atoms with Crippen molar-refractivity contribution in [3.63, 3.8) is 0 Å². The van der Waals surface area contributed by atoms with E-state index in [1.54, 1.807) is 0 Å². The molecule has 1 N–H and O–H groups in total. The number of hydrogen-bond donors (Lipinski definition) is 1. The van der Waals surface area contributed by atoms with E-state index in [0.717, 1.165) is 38.1 Å². The van der Waals surface area contributed by atoms with Crippen molar-refractivity contribution in [2.75, 3.05) is 19.6 Å². The Hall–Kier alpha value is -1.53. The average molecular weight is 361 g/mol. The van der Waals surface area contributed by atoms with Crippen LogP contribution in [0.3, 0.4) is 0 Å². The molecule has 0 spiro atoms. The topological polar surface area (TPSA) is 49.4 Å². The van der Waals surface area contributed by atoms with Gasteiger partial charge in [0.15, 0.2) is 5.78 Å². The summed E-state index contributed by atoms with van der Waals surface area (Å²) >= 11 is 0. The first-order chi connectivity index (χ1) is 11.0.